The van der Waals surface area contributed by atoms with E-state index in [9.17, 15) is 0 Å². The molecule has 4 heteroatoms. The quantitative estimate of drug-likeness (QED) is 0.321. The van der Waals surface area contributed by atoms with Crippen molar-refractivity contribution in [3.8, 4) is 11.1 Å². The minimum atomic E-state index is 0. The van der Waals surface area contributed by atoms with Gasteiger partial charge in [-0.3, -0.25) is 0 Å². The van der Waals surface area contributed by atoms with E-state index in [1.165, 1.54) is 22.3 Å². The topological polar surface area (TPSA) is 0 Å². The maximum absolute atomic E-state index is 5.91. The summed E-state index contributed by atoms with van der Waals surface area (Å²) in [6.07, 6.45) is 0.964. The summed E-state index contributed by atoms with van der Waals surface area (Å²) in [6.45, 7) is 0. The van der Waals surface area contributed by atoms with Crippen molar-refractivity contribution in [2.45, 2.75) is 6.42 Å². The van der Waals surface area contributed by atoms with Crippen LogP contribution < -0.4 is 24.8 Å². The minimum Gasteiger partial charge on any atom is -1.00 e. The van der Waals surface area contributed by atoms with Crippen molar-refractivity contribution in [2.75, 3.05) is 0 Å². The van der Waals surface area contributed by atoms with Gasteiger partial charge in [0.25, 0.3) is 0 Å². The number of fused-ring (bicyclic) bond motifs is 3. The molecule has 4 rings (SSSR count). The summed E-state index contributed by atoms with van der Waals surface area (Å²) < 4.78 is 0. The van der Waals surface area contributed by atoms with Crippen molar-refractivity contribution in [3.05, 3.63) is 88.9 Å². The molecule has 0 saturated heterocycles. The van der Waals surface area contributed by atoms with Crippen LogP contribution >= 0.6 is 11.6 Å². The van der Waals surface area contributed by atoms with Crippen LogP contribution in [0.15, 0.2) is 66.7 Å². The second-order valence-corrected chi connectivity index (χ2v) is 4.90. The summed E-state index contributed by atoms with van der Waals surface area (Å²) >= 11 is 5.91. The molecular formula is C18H13Cl3Zr. The summed E-state index contributed by atoms with van der Waals surface area (Å²) in [5.41, 5.74) is 5.21. The van der Waals surface area contributed by atoms with Crippen LogP contribution in [0.3, 0.4) is 0 Å². The molecule has 3 aromatic rings. The molecular weight excluding hydrogens is 414 g/mol. The average molecular weight is 427 g/mol. The Morgan fingerprint density at radius 2 is 1.55 bits per heavy atom. The molecule has 0 heterocycles. The SMILES string of the molecule is Clc1[c-]c2c(cc1)-c1ccccc1C2.[Cl-].[Cl-].[Zr+4].c1cc[cH-]c1. The first-order chi connectivity index (χ1) is 9.34. The van der Waals surface area contributed by atoms with Crippen LogP contribution in [-0.2, 0) is 32.6 Å². The van der Waals surface area contributed by atoms with Crippen LogP contribution in [0.25, 0.3) is 11.1 Å². The van der Waals surface area contributed by atoms with E-state index >= 15 is 0 Å². The number of benzene rings is 2. The van der Waals surface area contributed by atoms with Gasteiger partial charge in [-0.2, -0.15) is 36.4 Å². The van der Waals surface area contributed by atoms with Crippen molar-refractivity contribution < 1.29 is 51.0 Å². The number of rotatable bonds is 0. The van der Waals surface area contributed by atoms with Crippen molar-refractivity contribution in [1.82, 2.24) is 0 Å². The monoisotopic (exact) mass is 424 g/mol. The maximum Gasteiger partial charge on any atom is 4.00 e. The molecule has 0 N–H and O–H groups in total. The Labute approximate surface area is 168 Å². The molecule has 0 aromatic heterocycles. The van der Waals surface area contributed by atoms with Crippen molar-refractivity contribution in [2.24, 2.45) is 0 Å². The predicted molar refractivity (Wildman–Crippen MR) is 80.6 cm³/mol. The molecule has 110 valence electrons. The van der Waals surface area contributed by atoms with Gasteiger partial charge in [-0.05, 0) is 6.42 Å². The van der Waals surface area contributed by atoms with Crippen LogP contribution in [0.2, 0.25) is 5.02 Å². The Kier molecular flexibility index (Phi) is 10.1. The average Bonchev–Trinajstić information content (AvgIpc) is 3.09. The fourth-order valence-electron chi connectivity index (χ4n) is 2.35. The van der Waals surface area contributed by atoms with Gasteiger partial charge < -0.3 is 24.8 Å². The molecule has 0 spiro atoms. The van der Waals surface area contributed by atoms with Crippen molar-refractivity contribution >= 4 is 11.6 Å². The molecule has 0 fully saturated rings. The van der Waals surface area contributed by atoms with E-state index in [-0.39, 0.29) is 51.0 Å². The Balaban J connectivity index is 0.000000482. The third-order valence-electron chi connectivity index (χ3n) is 3.22. The zero-order chi connectivity index (χ0) is 13.1. The summed E-state index contributed by atoms with van der Waals surface area (Å²) in [5, 5.41) is 0.705. The van der Waals surface area contributed by atoms with Crippen LogP contribution in [-0.4, -0.2) is 0 Å². The first kappa shape index (κ1) is 21.5. The molecule has 1 aliphatic rings. The summed E-state index contributed by atoms with van der Waals surface area (Å²) in [7, 11) is 0. The largest absolute Gasteiger partial charge is 4.00 e. The molecule has 0 aliphatic heterocycles. The Bertz CT molecular complexity index is 661. The molecule has 22 heavy (non-hydrogen) atoms. The normalized spacial score (nSPS) is 9.68. The molecule has 0 saturated carbocycles. The second kappa shape index (κ2) is 10.3. The van der Waals surface area contributed by atoms with Gasteiger partial charge in [0.2, 0.25) is 0 Å². The number of halogens is 3. The standard InChI is InChI=1S/C13H8Cl.C5H5.2ClH.Zr/c14-11-5-6-13-10(8-11)7-9-3-1-2-4-12(9)13;1-2-4-5-3-1;;;/h1-6H,7H2;1-5H;2*1H;/q2*-1;;;+4/p-2. The number of hydrogen-bond donors (Lipinski definition) is 0. The first-order valence-electron chi connectivity index (χ1n) is 6.30. The van der Waals surface area contributed by atoms with Crippen LogP contribution in [0, 0.1) is 6.07 Å². The molecule has 0 unspecified atom stereocenters. The van der Waals surface area contributed by atoms with Gasteiger partial charge in [0.1, 0.15) is 0 Å². The van der Waals surface area contributed by atoms with Crippen LogP contribution in [0.5, 0.6) is 0 Å². The van der Waals surface area contributed by atoms with Gasteiger partial charge in [-0.1, -0.05) is 40.4 Å². The summed E-state index contributed by atoms with van der Waals surface area (Å²) in [5.74, 6) is 0. The fourth-order valence-corrected chi connectivity index (χ4v) is 2.53. The molecule has 0 atom stereocenters. The van der Waals surface area contributed by atoms with E-state index in [1.54, 1.807) is 0 Å². The van der Waals surface area contributed by atoms with Gasteiger partial charge in [0, 0.05) is 0 Å². The third-order valence-corrected chi connectivity index (χ3v) is 3.44. The Hall–Kier alpha value is -0.457. The van der Waals surface area contributed by atoms with Crippen molar-refractivity contribution in [3.63, 3.8) is 0 Å². The third kappa shape index (κ3) is 5.03. The zero-order valence-electron chi connectivity index (χ0n) is 11.7. The van der Waals surface area contributed by atoms with Gasteiger partial charge >= 0.3 is 26.2 Å². The van der Waals surface area contributed by atoms with Crippen LogP contribution in [0.4, 0.5) is 0 Å². The van der Waals surface area contributed by atoms with E-state index in [1.807, 2.05) is 36.4 Å². The van der Waals surface area contributed by atoms with E-state index < -0.39 is 0 Å². The second-order valence-electron chi connectivity index (χ2n) is 4.49. The Morgan fingerprint density at radius 3 is 2.18 bits per heavy atom. The fraction of sp³-hybridized carbons (Fsp3) is 0.0556. The predicted octanol–water partition coefficient (Wildman–Crippen LogP) is -0.878. The summed E-state index contributed by atoms with van der Waals surface area (Å²) in [4.78, 5) is 0. The van der Waals surface area contributed by atoms with E-state index in [0.717, 1.165) is 6.42 Å². The molecule has 0 bridgehead atoms. The van der Waals surface area contributed by atoms with Crippen LogP contribution in [0.1, 0.15) is 11.1 Å². The molecule has 0 amide bonds. The van der Waals surface area contributed by atoms with Gasteiger partial charge in [0.05, 0.1) is 0 Å². The van der Waals surface area contributed by atoms with Gasteiger partial charge in [0.15, 0.2) is 0 Å². The van der Waals surface area contributed by atoms with E-state index in [0.29, 0.717) is 5.02 Å². The van der Waals surface area contributed by atoms with E-state index in [4.69, 9.17) is 11.6 Å². The van der Waals surface area contributed by atoms with Gasteiger partial charge in [-0.25, -0.2) is 12.1 Å². The first-order valence-corrected chi connectivity index (χ1v) is 6.68. The number of hydrogen-bond acceptors (Lipinski definition) is 0. The molecule has 0 nitrogen and oxygen atoms in total. The smallest absolute Gasteiger partial charge is 1.00 e. The zero-order valence-corrected chi connectivity index (χ0v) is 16.4. The van der Waals surface area contributed by atoms with E-state index in [2.05, 4.69) is 36.4 Å². The molecule has 1 aliphatic carbocycles. The Morgan fingerprint density at radius 1 is 0.864 bits per heavy atom. The van der Waals surface area contributed by atoms with Gasteiger partial charge in [-0.15, -0.1) is 22.7 Å². The van der Waals surface area contributed by atoms with Crippen molar-refractivity contribution in [1.29, 1.82) is 0 Å². The maximum atomic E-state index is 5.91. The minimum absolute atomic E-state index is 0. The summed E-state index contributed by atoms with van der Waals surface area (Å²) in [6, 6.07) is 25.7. The molecule has 3 aromatic carbocycles. The molecule has 0 radical (unpaired) electrons.